The van der Waals surface area contributed by atoms with E-state index in [1.165, 1.54) is 22.3 Å². The number of fused-ring (bicyclic) bond motifs is 3. The Kier molecular flexibility index (Phi) is 5.85. The first-order valence-electron chi connectivity index (χ1n) is 12.4. The predicted molar refractivity (Wildman–Crippen MR) is 137 cm³/mol. The highest BCUT2D eigenvalue weighted by Gasteiger charge is 2.43. The Hall–Kier alpha value is -3.12. The van der Waals surface area contributed by atoms with E-state index in [4.69, 9.17) is 19.2 Å². The second kappa shape index (κ2) is 9.15. The molecule has 1 saturated heterocycles. The molecule has 3 aromatic carbocycles. The molecule has 2 fully saturated rings. The molecule has 5 nitrogen and oxygen atoms in total. The molecule has 0 amide bonds. The fraction of sp³-hybridized carbons (Fsp3) is 0.333. The van der Waals surface area contributed by atoms with Gasteiger partial charge in [0, 0.05) is 24.6 Å². The lowest BCUT2D eigenvalue weighted by Crippen LogP contribution is -2.49. The molecule has 1 aliphatic heterocycles. The average Bonchev–Trinajstić information content (AvgIpc) is 3.28. The topological polar surface area (TPSA) is 49.0 Å². The third kappa shape index (κ3) is 4.36. The van der Waals surface area contributed by atoms with Crippen molar-refractivity contribution in [2.24, 2.45) is 0 Å². The van der Waals surface area contributed by atoms with E-state index in [2.05, 4.69) is 54.4 Å². The van der Waals surface area contributed by atoms with Crippen LogP contribution in [-0.2, 0) is 20.9 Å². The largest absolute Gasteiger partial charge is 0.497 e. The van der Waals surface area contributed by atoms with Crippen LogP contribution in [0.1, 0.15) is 42.4 Å². The number of ether oxygens (including phenoxy) is 2. The van der Waals surface area contributed by atoms with E-state index in [9.17, 15) is 0 Å². The first kappa shape index (κ1) is 22.4. The Labute approximate surface area is 206 Å². The Morgan fingerprint density at radius 3 is 2.49 bits per heavy atom. The Bertz CT molecular complexity index is 1220. The standard InChI is InChI=1S/C30H31NO4/c1-20(21-7-12-28-23(17-21)18-22-5-3-4-6-27(22)28)29-19-33-30(35-34-29)15-13-25(14-16-30)31-24-8-10-26(32-2)11-9-24/h3-12,17,25,29,31H,1,13-16,18-19H2,2H3. The van der Waals surface area contributed by atoms with Gasteiger partial charge in [-0.15, -0.1) is 0 Å². The molecule has 6 rings (SSSR count). The number of benzene rings is 3. The maximum Gasteiger partial charge on any atom is 0.201 e. The summed E-state index contributed by atoms with van der Waals surface area (Å²) in [4.78, 5) is 11.8. The lowest BCUT2D eigenvalue weighted by atomic mass is 9.89. The van der Waals surface area contributed by atoms with Gasteiger partial charge in [-0.3, -0.25) is 0 Å². The molecule has 1 unspecified atom stereocenters. The highest BCUT2D eigenvalue weighted by atomic mass is 17.2. The molecule has 0 bridgehead atoms. The van der Waals surface area contributed by atoms with Gasteiger partial charge in [0.05, 0.1) is 13.7 Å². The van der Waals surface area contributed by atoms with Crippen LogP contribution in [0.15, 0.2) is 73.3 Å². The maximum absolute atomic E-state index is 6.28. The van der Waals surface area contributed by atoms with E-state index in [0.29, 0.717) is 12.6 Å². The SMILES string of the molecule is C=C(c1ccc2c(c1)Cc1ccccc1-2)C1COC2(CCC(Nc3ccc(OC)cc3)CC2)OO1. The van der Waals surface area contributed by atoms with E-state index in [-0.39, 0.29) is 6.10 Å². The molecular weight excluding hydrogens is 438 g/mol. The monoisotopic (exact) mass is 469 g/mol. The van der Waals surface area contributed by atoms with Crippen LogP contribution in [0.25, 0.3) is 16.7 Å². The molecule has 35 heavy (non-hydrogen) atoms. The molecule has 3 aliphatic rings. The van der Waals surface area contributed by atoms with Gasteiger partial charge in [0.25, 0.3) is 0 Å². The fourth-order valence-electron chi connectivity index (χ4n) is 5.47. The Morgan fingerprint density at radius 1 is 0.971 bits per heavy atom. The van der Waals surface area contributed by atoms with Gasteiger partial charge in [0.2, 0.25) is 5.79 Å². The molecule has 2 aliphatic carbocycles. The summed E-state index contributed by atoms with van der Waals surface area (Å²) < 4.78 is 11.5. The van der Waals surface area contributed by atoms with Crippen molar-refractivity contribution in [2.75, 3.05) is 19.0 Å². The summed E-state index contributed by atoms with van der Waals surface area (Å²) in [6.45, 7) is 4.78. The van der Waals surface area contributed by atoms with Crippen molar-refractivity contribution < 1.29 is 19.2 Å². The van der Waals surface area contributed by atoms with Crippen LogP contribution >= 0.6 is 0 Å². The second-order valence-corrected chi connectivity index (χ2v) is 9.77. The first-order chi connectivity index (χ1) is 17.1. The molecule has 1 N–H and O–H groups in total. The van der Waals surface area contributed by atoms with Gasteiger partial charge in [0.1, 0.15) is 11.9 Å². The second-order valence-electron chi connectivity index (χ2n) is 9.77. The summed E-state index contributed by atoms with van der Waals surface area (Å²) in [6.07, 6.45) is 4.13. The van der Waals surface area contributed by atoms with Crippen LogP contribution in [0.4, 0.5) is 5.69 Å². The van der Waals surface area contributed by atoms with E-state index >= 15 is 0 Å². The number of anilines is 1. The minimum absolute atomic E-state index is 0.308. The van der Waals surface area contributed by atoms with Crippen LogP contribution in [0.5, 0.6) is 5.75 Å². The normalized spacial score (nSPS) is 25.1. The minimum atomic E-state index is -0.658. The minimum Gasteiger partial charge on any atom is -0.497 e. The van der Waals surface area contributed by atoms with E-state index in [1.54, 1.807) is 7.11 Å². The van der Waals surface area contributed by atoms with Gasteiger partial charge < -0.3 is 14.8 Å². The van der Waals surface area contributed by atoms with E-state index in [0.717, 1.165) is 54.7 Å². The number of hydrogen-bond donors (Lipinski definition) is 1. The van der Waals surface area contributed by atoms with Gasteiger partial charge >= 0.3 is 0 Å². The molecule has 5 heteroatoms. The molecule has 3 aromatic rings. The average molecular weight is 470 g/mol. The van der Waals surface area contributed by atoms with E-state index < -0.39 is 5.79 Å². The third-order valence-electron chi connectivity index (χ3n) is 7.58. The van der Waals surface area contributed by atoms with Gasteiger partial charge in [-0.05, 0) is 76.9 Å². The number of rotatable bonds is 5. The molecular formula is C30H31NO4. The van der Waals surface area contributed by atoms with Crippen LogP contribution < -0.4 is 10.1 Å². The zero-order valence-electron chi connectivity index (χ0n) is 20.1. The lowest BCUT2D eigenvalue weighted by Gasteiger charge is -2.43. The molecule has 0 aromatic heterocycles. The summed E-state index contributed by atoms with van der Waals surface area (Å²) in [5.74, 6) is 0.203. The third-order valence-corrected chi connectivity index (χ3v) is 7.58. The lowest BCUT2D eigenvalue weighted by molar-refractivity contribution is -0.483. The molecule has 1 heterocycles. The molecule has 1 atom stereocenters. The summed E-state index contributed by atoms with van der Waals surface area (Å²) in [7, 11) is 1.68. The molecule has 180 valence electrons. The summed E-state index contributed by atoms with van der Waals surface area (Å²) in [5.41, 5.74) is 8.44. The van der Waals surface area contributed by atoms with Crippen LogP contribution in [0.2, 0.25) is 0 Å². The quantitative estimate of drug-likeness (QED) is 0.344. The summed E-state index contributed by atoms with van der Waals surface area (Å²) in [6, 6.07) is 23.6. The van der Waals surface area contributed by atoms with Gasteiger partial charge in [-0.25, -0.2) is 9.78 Å². The van der Waals surface area contributed by atoms with Crippen LogP contribution in [0, 0.1) is 0 Å². The van der Waals surface area contributed by atoms with E-state index in [1.807, 2.05) is 24.3 Å². The zero-order valence-corrected chi connectivity index (χ0v) is 20.1. The fourth-order valence-corrected chi connectivity index (χ4v) is 5.47. The first-order valence-corrected chi connectivity index (χ1v) is 12.4. The van der Waals surface area contributed by atoms with Gasteiger partial charge in [-0.2, -0.15) is 0 Å². The Balaban J connectivity index is 1.04. The van der Waals surface area contributed by atoms with Crippen LogP contribution in [0.3, 0.4) is 0 Å². The van der Waals surface area contributed by atoms with Crippen molar-refractivity contribution in [1.82, 2.24) is 0 Å². The number of hydrogen-bond acceptors (Lipinski definition) is 5. The van der Waals surface area contributed by atoms with Crippen molar-refractivity contribution in [3.8, 4) is 16.9 Å². The maximum atomic E-state index is 6.28. The smallest absolute Gasteiger partial charge is 0.201 e. The van der Waals surface area contributed by atoms with Crippen molar-refractivity contribution >= 4 is 11.3 Å². The number of methoxy groups -OCH3 is 1. The summed E-state index contributed by atoms with van der Waals surface area (Å²) in [5, 5.41) is 3.61. The molecule has 1 spiro atoms. The molecule has 1 saturated carbocycles. The zero-order chi connectivity index (χ0) is 23.8. The van der Waals surface area contributed by atoms with Crippen molar-refractivity contribution in [2.45, 2.75) is 50.0 Å². The highest BCUT2D eigenvalue weighted by Crippen LogP contribution is 2.41. The predicted octanol–water partition coefficient (Wildman–Crippen LogP) is 6.38. The van der Waals surface area contributed by atoms with Gasteiger partial charge in [-0.1, -0.05) is 49.0 Å². The molecule has 0 radical (unpaired) electrons. The Morgan fingerprint density at radius 2 is 1.74 bits per heavy atom. The number of nitrogens with one attached hydrogen (secondary N) is 1. The summed E-state index contributed by atoms with van der Waals surface area (Å²) >= 11 is 0. The van der Waals surface area contributed by atoms with Crippen LogP contribution in [-0.4, -0.2) is 31.6 Å². The van der Waals surface area contributed by atoms with Crippen molar-refractivity contribution in [3.63, 3.8) is 0 Å². The highest BCUT2D eigenvalue weighted by molar-refractivity contribution is 5.79. The van der Waals surface area contributed by atoms with Crippen molar-refractivity contribution in [1.29, 1.82) is 0 Å². The van der Waals surface area contributed by atoms with Gasteiger partial charge in [0.15, 0.2) is 0 Å². The van der Waals surface area contributed by atoms with Crippen molar-refractivity contribution in [3.05, 3.63) is 90.0 Å².